The molecule has 0 amide bonds. The Morgan fingerprint density at radius 1 is 1.47 bits per heavy atom. The van der Waals surface area contributed by atoms with E-state index in [0.717, 1.165) is 10.2 Å². The molecule has 1 rings (SSSR count). The summed E-state index contributed by atoms with van der Waals surface area (Å²) in [7, 11) is 0. The second-order valence-electron chi connectivity index (χ2n) is 3.08. The average Bonchev–Trinajstić information content (AvgIpc) is 2.16. The Labute approximate surface area is 95.4 Å². The molecule has 0 radical (unpaired) electrons. The van der Waals surface area contributed by atoms with Crippen LogP contribution in [-0.4, -0.2) is 23.8 Å². The molecule has 15 heavy (non-hydrogen) atoms. The lowest BCUT2D eigenvalue weighted by atomic mass is 10.2. The number of rotatable bonds is 5. The van der Waals surface area contributed by atoms with Gasteiger partial charge in [0.05, 0.1) is 6.42 Å². The van der Waals surface area contributed by atoms with Crippen LogP contribution in [0, 0.1) is 0 Å². The van der Waals surface area contributed by atoms with E-state index in [1.54, 1.807) is 12.1 Å². The van der Waals surface area contributed by atoms with Crippen LogP contribution in [0.25, 0.3) is 0 Å². The van der Waals surface area contributed by atoms with Gasteiger partial charge in [0, 0.05) is 16.7 Å². The zero-order valence-electron chi connectivity index (χ0n) is 7.91. The molecule has 0 saturated heterocycles. The van der Waals surface area contributed by atoms with E-state index in [0.29, 0.717) is 0 Å². The molecule has 0 spiro atoms. The van der Waals surface area contributed by atoms with E-state index in [1.165, 1.54) is 0 Å². The predicted molar refractivity (Wildman–Crippen MR) is 59.8 cm³/mol. The Kier molecular flexibility index (Phi) is 4.55. The Bertz CT molecular complexity index is 329. The minimum absolute atomic E-state index is 0.00787. The topological polar surface area (TPSA) is 49.3 Å². The Morgan fingerprint density at radius 2 is 2.07 bits per heavy atom. The van der Waals surface area contributed by atoms with Crippen molar-refractivity contribution < 1.29 is 14.3 Å². The van der Waals surface area contributed by atoms with E-state index in [4.69, 9.17) is 5.11 Å². The van der Waals surface area contributed by atoms with E-state index in [9.17, 15) is 9.18 Å². The van der Waals surface area contributed by atoms with Crippen LogP contribution in [0.15, 0.2) is 28.7 Å². The van der Waals surface area contributed by atoms with Gasteiger partial charge in [-0.05, 0) is 24.3 Å². The van der Waals surface area contributed by atoms with Gasteiger partial charge in [-0.3, -0.25) is 4.79 Å². The van der Waals surface area contributed by atoms with Crippen LogP contribution in [0.2, 0.25) is 0 Å². The third kappa shape index (κ3) is 4.78. The lowest BCUT2D eigenvalue weighted by Gasteiger charge is -2.08. The highest BCUT2D eigenvalue weighted by Crippen LogP contribution is 2.14. The molecule has 0 bridgehead atoms. The quantitative estimate of drug-likeness (QED) is 0.869. The number of aliphatic carboxylic acids is 1. The van der Waals surface area contributed by atoms with Gasteiger partial charge in [0.2, 0.25) is 0 Å². The van der Waals surface area contributed by atoms with Crippen LogP contribution in [-0.2, 0) is 4.79 Å². The third-order valence-electron chi connectivity index (χ3n) is 1.77. The maximum absolute atomic E-state index is 13.0. The second kappa shape index (κ2) is 5.70. The number of nitrogens with one attached hydrogen (secondary N) is 1. The number of hydrogen-bond donors (Lipinski definition) is 2. The molecule has 0 fully saturated rings. The second-order valence-corrected chi connectivity index (χ2v) is 4.00. The first-order valence-electron chi connectivity index (χ1n) is 4.43. The lowest BCUT2D eigenvalue weighted by molar-refractivity contribution is -0.138. The van der Waals surface area contributed by atoms with Crippen LogP contribution in [0.5, 0.6) is 0 Å². The molecule has 2 N–H and O–H groups in total. The molecule has 0 heterocycles. The van der Waals surface area contributed by atoms with Crippen molar-refractivity contribution in [2.75, 3.05) is 11.9 Å². The van der Waals surface area contributed by atoms with E-state index in [1.807, 2.05) is 12.1 Å². The molecule has 0 aliphatic heterocycles. The van der Waals surface area contributed by atoms with Gasteiger partial charge in [-0.25, -0.2) is 4.39 Å². The van der Waals surface area contributed by atoms with Crippen LogP contribution >= 0.6 is 15.9 Å². The normalized spacial score (nSPS) is 12.1. The first-order chi connectivity index (χ1) is 7.08. The summed E-state index contributed by atoms with van der Waals surface area (Å²) >= 11 is 3.28. The van der Waals surface area contributed by atoms with Crippen LogP contribution in [0.4, 0.5) is 10.1 Å². The lowest BCUT2D eigenvalue weighted by Crippen LogP contribution is -2.18. The number of carboxylic acid groups (broad SMARTS) is 1. The minimum atomic E-state index is -1.37. The standard InChI is InChI=1S/C10H11BrFNO2/c11-7-1-3-9(4-2-7)13-6-8(12)5-10(14)15/h1-4,8,13H,5-6H2,(H,14,15). The van der Waals surface area contributed by atoms with Gasteiger partial charge in [0.1, 0.15) is 6.17 Å². The summed E-state index contributed by atoms with van der Waals surface area (Å²) in [5.41, 5.74) is 0.770. The summed E-state index contributed by atoms with van der Waals surface area (Å²) in [5, 5.41) is 11.2. The van der Waals surface area contributed by atoms with Gasteiger partial charge < -0.3 is 10.4 Å². The molecule has 0 saturated carbocycles. The van der Waals surface area contributed by atoms with Gasteiger partial charge in [-0.2, -0.15) is 0 Å². The molecule has 5 heteroatoms. The van der Waals surface area contributed by atoms with Crippen LogP contribution in [0.1, 0.15) is 6.42 Å². The van der Waals surface area contributed by atoms with Gasteiger partial charge in [-0.15, -0.1) is 0 Å². The summed E-state index contributed by atoms with van der Waals surface area (Å²) in [6.45, 7) is 0.00787. The van der Waals surface area contributed by atoms with Crippen molar-refractivity contribution in [1.82, 2.24) is 0 Å². The number of alkyl halides is 1. The Hall–Kier alpha value is -1.10. The molecule has 1 unspecified atom stereocenters. The van der Waals surface area contributed by atoms with Gasteiger partial charge in [0.25, 0.3) is 0 Å². The highest BCUT2D eigenvalue weighted by molar-refractivity contribution is 9.10. The van der Waals surface area contributed by atoms with E-state index < -0.39 is 18.6 Å². The smallest absolute Gasteiger partial charge is 0.306 e. The fraction of sp³-hybridized carbons (Fsp3) is 0.300. The molecular formula is C10H11BrFNO2. The molecule has 0 aliphatic carbocycles. The molecule has 1 aromatic rings. The van der Waals surface area contributed by atoms with E-state index in [2.05, 4.69) is 21.2 Å². The number of hydrogen-bond acceptors (Lipinski definition) is 2. The molecule has 0 aliphatic rings. The first kappa shape index (κ1) is 12.0. The van der Waals surface area contributed by atoms with Crippen molar-refractivity contribution in [2.24, 2.45) is 0 Å². The van der Waals surface area contributed by atoms with Crippen LogP contribution in [0.3, 0.4) is 0 Å². The number of halogens is 2. The third-order valence-corrected chi connectivity index (χ3v) is 2.30. The zero-order valence-corrected chi connectivity index (χ0v) is 9.50. The first-order valence-corrected chi connectivity index (χ1v) is 5.22. The maximum Gasteiger partial charge on any atom is 0.306 e. The molecular weight excluding hydrogens is 265 g/mol. The summed E-state index contributed by atoms with van der Waals surface area (Å²) < 4.78 is 13.9. The molecule has 1 atom stereocenters. The van der Waals surface area contributed by atoms with E-state index >= 15 is 0 Å². The Morgan fingerprint density at radius 3 is 2.60 bits per heavy atom. The van der Waals surface area contributed by atoms with Crippen molar-refractivity contribution in [2.45, 2.75) is 12.6 Å². The van der Waals surface area contributed by atoms with Gasteiger partial charge >= 0.3 is 5.97 Å². The number of benzene rings is 1. The fourth-order valence-electron chi connectivity index (χ4n) is 1.06. The average molecular weight is 276 g/mol. The summed E-state index contributed by atoms with van der Waals surface area (Å²) in [6.07, 6.45) is -1.84. The minimum Gasteiger partial charge on any atom is -0.481 e. The van der Waals surface area contributed by atoms with Crippen molar-refractivity contribution in [3.63, 3.8) is 0 Å². The molecule has 82 valence electrons. The monoisotopic (exact) mass is 275 g/mol. The van der Waals surface area contributed by atoms with Crippen molar-refractivity contribution in [3.8, 4) is 0 Å². The van der Waals surface area contributed by atoms with Gasteiger partial charge in [0.15, 0.2) is 0 Å². The van der Waals surface area contributed by atoms with Crippen molar-refractivity contribution >= 4 is 27.6 Å². The fourth-order valence-corrected chi connectivity index (χ4v) is 1.32. The number of carboxylic acids is 1. The SMILES string of the molecule is O=C(O)CC(F)CNc1ccc(Br)cc1. The summed E-state index contributed by atoms with van der Waals surface area (Å²) in [6, 6.07) is 7.23. The summed E-state index contributed by atoms with van der Waals surface area (Å²) in [5.74, 6) is -1.12. The highest BCUT2D eigenvalue weighted by Gasteiger charge is 2.10. The van der Waals surface area contributed by atoms with E-state index in [-0.39, 0.29) is 6.54 Å². The largest absolute Gasteiger partial charge is 0.481 e. The van der Waals surface area contributed by atoms with Crippen molar-refractivity contribution in [3.05, 3.63) is 28.7 Å². The van der Waals surface area contributed by atoms with Gasteiger partial charge in [-0.1, -0.05) is 15.9 Å². The summed E-state index contributed by atoms with van der Waals surface area (Å²) in [4.78, 5) is 10.2. The Balaban J connectivity index is 2.36. The zero-order chi connectivity index (χ0) is 11.3. The maximum atomic E-state index is 13.0. The number of carbonyl (C=O) groups is 1. The highest BCUT2D eigenvalue weighted by atomic mass is 79.9. The van der Waals surface area contributed by atoms with Crippen LogP contribution < -0.4 is 5.32 Å². The van der Waals surface area contributed by atoms with Crippen molar-refractivity contribution in [1.29, 1.82) is 0 Å². The number of anilines is 1. The molecule has 3 nitrogen and oxygen atoms in total. The molecule has 1 aromatic carbocycles. The molecule has 0 aromatic heterocycles. The predicted octanol–water partition coefficient (Wildman–Crippen LogP) is 2.67.